The highest BCUT2D eigenvalue weighted by atomic mass is 35.5. The Kier molecular flexibility index (Phi) is 5.73. The first-order valence-corrected chi connectivity index (χ1v) is 8.70. The van der Waals surface area contributed by atoms with Crippen molar-refractivity contribution in [2.24, 2.45) is 0 Å². The number of rotatable bonds is 6. The second-order valence-corrected chi connectivity index (χ2v) is 6.61. The van der Waals surface area contributed by atoms with E-state index in [9.17, 15) is 10.1 Å². The number of nitrogens with one attached hydrogen (secondary N) is 2. The third-order valence-corrected chi connectivity index (χ3v) is 4.32. The van der Waals surface area contributed by atoms with Crippen LogP contribution < -0.4 is 10.6 Å². The van der Waals surface area contributed by atoms with Gasteiger partial charge in [-0.05, 0) is 30.7 Å². The first kappa shape index (κ1) is 18.9. The number of nitrogens with zero attached hydrogens (tertiary/aromatic N) is 3. The lowest BCUT2D eigenvalue weighted by atomic mass is 10.1. The number of benzene rings is 2. The fraction of sp³-hybridized carbons (Fsp3) is 0.111. The monoisotopic (exact) mass is 403 g/mol. The smallest absolute Gasteiger partial charge is 0.353 e. The topological polar surface area (TPSA) is 93.0 Å². The predicted molar refractivity (Wildman–Crippen MR) is 107 cm³/mol. The molecule has 0 spiro atoms. The molecule has 3 aromatic rings. The van der Waals surface area contributed by atoms with Crippen molar-refractivity contribution in [2.75, 3.05) is 10.6 Å². The second-order valence-electron chi connectivity index (χ2n) is 5.76. The summed E-state index contributed by atoms with van der Waals surface area (Å²) >= 11 is 12.0. The van der Waals surface area contributed by atoms with E-state index in [1.165, 1.54) is 12.4 Å². The molecule has 1 aromatic heterocycles. The molecule has 0 saturated heterocycles. The van der Waals surface area contributed by atoms with Gasteiger partial charge in [-0.25, -0.2) is 9.97 Å². The molecule has 9 heteroatoms. The molecule has 0 aliphatic carbocycles. The lowest BCUT2D eigenvalue weighted by molar-refractivity contribution is -0.383. The predicted octanol–water partition coefficient (Wildman–Crippen LogP) is 5.36. The van der Waals surface area contributed by atoms with E-state index < -0.39 is 4.92 Å². The van der Waals surface area contributed by atoms with E-state index >= 15 is 0 Å². The molecule has 0 unspecified atom stereocenters. The normalized spacial score (nSPS) is 10.5. The maximum absolute atomic E-state index is 11.6. The lowest BCUT2D eigenvalue weighted by Crippen LogP contribution is -2.08. The Morgan fingerprint density at radius 2 is 1.78 bits per heavy atom. The summed E-state index contributed by atoms with van der Waals surface area (Å²) in [7, 11) is 0. The zero-order valence-electron chi connectivity index (χ0n) is 14.2. The van der Waals surface area contributed by atoms with Gasteiger partial charge < -0.3 is 10.6 Å². The SMILES string of the molecule is Cc1ccc(CNc2ncnc(Nc3ccc(Cl)cc3Cl)c2[N+](=O)[O-])cc1. The van der Waals surface area contributed by atoms with Gasteiger partial charge in [0, 0.05) is 11.6 Å². The Labute approximate surface area is 165 Å². The van der Waals surface area contributed by atoms with Crippen LogP contribution in [-0.4, -0.2) is 14.9 Å². The molecule has 0 aliphatic heterocycles. The van der Waals surface area contributed by atoms with Crippen molar-refractivity contribution in [3.05, 3.63) is 80.1 Å². The van der Waals surface area contributed by atoms with Crippen LogP contribution in [0.2, 0.25) is 10.0 Å². The van der Waals surface area contributed by atoms with Crippen molar-refractivity contribution in [2.45, 2.75) is 13.5 Å². The van der Waals surface area contributed by atoms with Gasteiger partial charge >= 0.3 is 5.69 Å². The van der Waals surface area contributed by atoms with Gasteiger partial charge in [0.1, 0.15) is 6.33 Å². The maximum Gasteiger partial charge on any atom is 0.353 e. The van der Waals surface area contributed by atoms with E-state index in [1.807, 2.05) is 31.2 Å². The Morgan fingerprint density at radius 1 is 1.07 bits per heavy atom. The van der Waals surface area contributed by atoms with E-state index in [-0.39, 0.29) is 17.3 Å². The zero-order valence-corrected chi connectivity index (χ0v) is 15.8. The largest absolute Gasteiger partial charge is 0.360 e. The van der Waals surface area contributed by atoms with Crippen LogP contribution in [0.3, 0.4) is 0 Å². The third-order valence-electron chi connectivity index (χ3n) is 3.77. The zero-order chi connectivity index (χ0) is 19.4. The summed E-state index contributed by atoms with van der Waals surface area (Å²) in [6.45, 7) is 2.38. The van der Waals surface area contributed by atoms with Crippen LogP contribution in [0.15, 0.2) is 48.8 Å². The van der Waals surface area contributed by atoms with Crippen LogP contribution in [0.25, 0.3) is 0 Å². The molecule has 27 heavy (non-hydrogen) atoms. The summed E-state index contributed by atoms with van der Waals surface area (Å²) in [6.07, 6.45) is 1.25. The molecule has 138 valence electrons. The Bertz CT molecular complexity index is 980. The number of aryl methyl sites for hydroxylation is 1. The highest BCUT2D eigenvalue weighted by Crippen LogP contribution is 2.34. The summed E-state index contributed by atoms with van der Waals surface area (Å²) in [4.78, 5) is 19.1. The van der Waals surface area contributed by atoms with Crippen molar-refractivity contribution in [3.8, 4) is 0 Å². The number of halogens is 2. The minimum atomic E-state index is -0.538. The molecule has 0 atom stereocenters. The van der Waals surface area contributed by atoms with Gasteiger partial charge in [0.15, 0.2) is 0 Å². The van der Waals surface area contributed by atoms with Crippen molar-refractivity contribution in [3.63, 3.8) is 0 Å². The van der Waals surface area contributed by atoms with E-state index in [2.05, 4.69) is 20.6 Å². The molecule has 3 rings (SSSR count). The fourth-order valence-corrected chi connectivity index (χ4v) is 2.84. The van der Waals surface area contributed by atoms with Gasteiger partial charge in [-0.15, -0.1) is 0 Å². The Hall–Kier alpha value is -2.90. The van der Waals surface area contributed by atoms with E-state index in [1.54, 1.807) is 12.1 Å². The summed E-state index contributed by atoms with van der Waals surface area (Å²) in [6, 6.07) is 12.6. The van der Waals surface area contributed by atoms with E-state index in [4.69, 9.17) is 23.2 Å². The van der Waals surface area contributed by atoms with E-state index in [0.29, 0.717) is 22.3 Å². The average molecular weight is 404 g/mol. The first-order valence-electron chi connectivity index (χ1n) is 7.95. The first-order chi connectivity index (χ1) is 12.9. The van der Waals surface area contributed by atoms with Crippen LogP contribution >= 0.6 is 23.2 Å². The highest BCUT2D eigenvalue weighted by molar-refractivity contribution is 6.36. The molecule has 1 heterocycles. The van der Waals surface area contributed by atoms with Gasteiger partial charge in [-0.2, -0.15) is 0 Å². The van der Waals surface area contributed by atoms with Crippen molar-refractivity contribution in [1.82, 2.24) is 9.97 Å². The van der Waals surface area contributed by atoms with Crippen LogP contribution in [0.4, 0.5) is 23.0 Å². The molecule has 0 fully saturated rings. The number of anilines is 3. The molecule has 2 N–H and O–H groups in total. The van der Waals surface area contributed by atoms with Crippen LogP contribution in [0, 0.1) is 17.0 Å². The molecule has 2 aromatic carbocycles. The van der Waals surface area contributed by atoms with Crippen LogP contribution in [0.5, 0.6) is 0 Å². The number of nitro groups is 1. The molecule has 0 aliphatic rings. The third kappa shape index (κ3) is 4.64. The standard InChI is InChI=1S/C18H15Cl2N5O2/c1-11-2-4-12(5-3-11)9-21-17-16(25(26)27)18(23-10-22-17)24-15-7-6-13(19)8-14(15)20/h2-8,10H,9H2,1H3,(H2,21,22,23,24). The molecule has 7 nitrogen and oxygen atoms in total. The summed E-state index contributed by atoms with van der Waals surface area (Å²) in [5.41, 5.74) is 2.30. The van der Waals surface area contributed by atoms with Crippen molar-refractivity contribution < 1.29 is 4.92 Å². The molecule has 0 bridgehead atoms. The maximum atomic E-state index is 11.6. The molecule has 0 amide bonds. The van der Waals surface area contributed by atoms with Crippen molar-refractivity contribution >= 4 is 46.2 Å². The quantitative estimate of drug-likeness (QED) is 0.425. The number of hydrogen-bond acceptors (Lipinski definition) is 6. The average Bonchev–Trinajstić information content (AvgIpc) is 2.63. The number of aromatic nitrogens is 2. The summed E-state index contributed by atoms with van der Waals surface area (Å²) < 4.78 is 0. The highest BCUT2D eigenvalue weighted by Gasteiger charge is 2.23. The van der Waals surface area contributed by atoms with Gasteiger partial charge in [-0.3, -0.25) is 10.1 Å². The van der Waals surface area contributed by atoms with Gasteiger partial charge in [0.25, 0.3) is 0 Å². The lowest BCUT2D eigenvalue weighted by Gasteiger charge is -2.11. The fourth-order valence-electron chi connectivity index (χ4n) is 2.38. The minimum Gasteiger partial charge on any atom is -0.360 e. The minimum absolute atomic E-state index is 0.0330. The summed E-state index contributed by atoms with van der Waals surface area (Å²) in [5, 5.41) is 18.3. The Balaban J connectivity index is 1.87. The molecule has 0 radical (unpaired) electrons. The molecular weight excluding hydrogens is 389 g/mol. The summed E-state index contributed by atoms with van der Waals surface area (Å²) in [5.74, 6) is 0.147. The van der Waals surface area contributed by atoms with Crippen molar-refractivity contribution in [1.29, 1.82) is 0 Å². The van der Waals surface area contributed by atoms with E-state index in [0.717, 1.165) is 11.1 Å². The van der Waals surface area contributed by atoms with Crippen LogP contribution in [0.1, 0.15) is 11.1 Å². The molecular formula is C18H15Cl2N5O2. The van der Waals surface area contributed by atoms with Gasteiger partial charge in [0.05, 0.1) is 15.6 Å². The Morgan fingerprint density at radius 3 is 2.44 bits per heavy atom. The van der Waals surface area contributed by atoms with Crippen LogP contribution in [-0.2, 0) is 6.54 Å². The van der Waals surface area contributed by atoms with Gasteiger partial charge in [-0.1, -0.05) is 53.0 Å². The molecule has 0 saturated carbocycles. The second kappa shape index (κ2) is 8.20. The number of hydrogen-bond donors (Lipinski definition) is 2. The van der Waals surface area contributed by atoms with Gasteiger partial charge in [0.2, 0.25) is 11.6 Å².